The van der Waals surface area contributed by atoms with Gasteiger partial charge in [-0.2, -0.15) is 0 Å². The van der Waals surface area contributed by atoms with Crippen LogP contribution in [0.1, 0.15) is 5.56 Å². The highest BCUT2D eigenvalue weighted by Gasteiger charge is 2.09. The smallest absolute Gasteiger partial charge is 0.107 e. The second-order valence-corrected chi connectivity index (χ2v) is 5.86. The number of anilines is 2. The average molecular weight is 358 g/mol. The van der Waals surface area contributed by atoms with Gasteiger partial charge in [0.15, 0.2) is 0 Å². The lowest BCUT2D eigenvalue weighted by Crippen LogP contribution is -2.12. The van der Waals surface area contributed by atoms with Crippen molar-refractivity contribution in [3.63, 3.8) is 0 Å². The number of hydrogen-bond acceptors (Lipinski definition) is 3. The zero-order valence-electron chi connectivity index (χ0n) is 11.0. The molecule has 104 valence electrons. The van der Waals surface area contributed by atoms with E-state index in [9.17, 15) is 0 Å². The Kier molecular flexibility index (Phi) is 3.86. The third-order valence-corrected chi connectivity index (χ3v) is 3.99. The molecular weight excluding hydrogens is 346 g/mol. The molecule has 2 aromatic carbocycles. The number of fused-ring (bicyclic) bond motifs is 1. The number of aromatic nitrogens is 1. The average Bonchev–Trinajstić information content (AvgIpc) is 2.47. The standard InChI is InChI=1S/C16H12BrN3S/c17-12-5-3-7-14(15(12)16(18)21)20-11-8-10-4-1-2-6-13(10)19-9-11/h1-9,20H,(H2,18,21). The molecule has 0 aliphatic heterocycles. The van der Waals surface area contributed by atoms with Gasteiger partial charge in [-0.1, -0.05) is 36.5 Å². The van der Waals surface area contributed by atoms with Crippen LogP contribution in [0.25, 0.3) is 10.9 Å². The summed E-state index contributed by atoms with van der Waals surface area (Å²) in [4.78, 5) is 4.78. The van der Waals surface area contributed by atoms with Crippen molar-refractivity contribution in [1.29, 1.82) is 0 Å². The van der Waals surface area contributed by atoms with Gasteiger partial charge in [-0.05, 0) is 40.2 Å². The molecule has 0 aliphatic carbocycles. The van der Waals surface area contributed by atoms with Crippen LogP contribution in [0, 0.1) is 0 Å². The molecule has 3 N–H and O–H groups in total. The van der Waals surface area contributed by atoms with Crippen molar-refractivity contribution in [2.24, 2.45) is 5.73 Å². The number of nitrogens with one attached hydrogen (secondary N) is 1. The van der Waals surface area contributed by atoms with Gasteiger partial charge in [0, 0.05) is 21.1 Å². The first kappa shape index (κ1) is 14.0. The summed E-state index contributed by atoms with van der Waals surface area (Å²) in [6.45, 7) is 0. The molecule has 0 spiro atoms. The second kappa shape index (κ2) is 5.79. The van der Waals surface area contributed by atoms with Crippen LogP contribution in [0.15, 0.2) is 59.2 Å². The van der Waals surface area contributed by atoms with Crippen molar-refractivity contribution in [2.75, 3.05) is 5.32 Å². The van der Waals surface area contributed by atoms with Gasteiger partial charge < -0.3 is 11.1 Å². The molecular formula is C16H12BrN3S. The maximum absolute atomic E-state index is 5.81. The number of nitrogens with zero attached hydrogens (tertiary/aromatic N) is 1. The Morgan fingerprint density at radius 1 is 1.14 bits per heavy atom. The number of rotatable bonds is 3. The van der Waals surface area contributed by atoms with Crippen LogP contribution in [0.3, 0.4) is 0 Å². The van der Waals surface area contributed by atoms with Gasteiger partial charge in [-0.25, -0.2) is 0 Å². The molecule has 0 atom stereocenters. The van der Waals surface area contributed by atoms with Crippen molar-refractivity contribution in [1.82, 2.24) is 4.98 Å². The monoisotopic (exact) mass is 357 g/mol. The van der Waals surface area contributed by atoms with Crippen LogP contribution in [-0.2, 0) is 0 Å². The highest BCUT2D eigenvalue weighted by Crippen LogP contribution is 2.28. The topological polar surface area (TPSA) is 50.9 Å². The van der Waals surface area contributed by atoms with E-state index in [0.717, 1.165) is 32.3 Å². The van der Waals surface area contributed by atoms with Gasteiger partial charge in [0.25, 0.3) is 0 Å². The number of pyridine rings is 1. The maximum atomic E-state index is 5.81. The maximum Gasteiger partial charge on any atom is 0.107 e. The van der Waals surface area contributed by atoms with Crippen molar-refractivity contribution in [3.05, 3.63) is 64.8 Å². The predicted molar refractivity (Wildman–Crippen MR) is 95.1 cm³/mol. The Morgan fingerprint density at radius 2 is 1.95 bits per heavy atom. The van der Waals surface area contributed by atoms with Crippen LogP contribution in [0.5, 0.6) is 0 Å². The lowest BCUT2D eigenvalue weighted by atomic mass is 10.1. The molecule has 0 fully saturated rings. The number of benzene rings is 2. The highest BCUT2D eigenvalue weighted by atomic mass is 79.9. The van der Waals surface area contributed by atoms with Crippen LogP contribution in [-0.4, -0.2) is 9.97 Å². The molecule has 21 heavy (non-hydrogen) atoms. The van der Waals surface area contributed by atoms with Gasteiger partial charge in [0.1, 0.15) is 4.99 Å². The Balaban J connectivity index is 2.02. The molecule has 0 amide bonds. The summed E-state index contributed by atoms with van der Waals surface area (Å²) in [6, 6.07) is 15.8. The van der Waals surface area contributed by atoms with Gasteiger partial charge >= 0.3 is 0 Å². The normalized spacial score (nSPS) is 10.5. The SMILES string of the molecule is NC(=S)c1c(Br)cccc1Nc1cnc2ccccc2c1. The molecule has 3 nitrogen and oxygen atoms in total. The number of halogens is 1. The molecule has 0 saturated carbocycles. The van der Waals surface area contributed by atoms with Crippen LogP contribution < -0.4 is 11.1 Å². The first-order valence-corrected chi connectivity index (χ1v) is 7.55. The zero-order valence-corrected chi connectivity index (χ0v) is 13.4. The Labute approximate surface area is 136 Å². The summed E-state index contributed by atoms with van der Waals surface area (Å²) in [5.41, 5.74) is 9.31. The number of hydrogen-bond donors (Lipinski definition) is 2. The molecule has 0 radical (unpaired) electrons. The first-order valence-electron chi connectivity index (χ1n) is 6.35. The van der Waals surface area contributed by atoms with Crippen molar-refractivity contribution < 1.29 is 0 Å². The van der Waals surface area contributed by atoms with E-state index < -0.39 is 0 Å². The van der Waals surface area contributed by atoms with Crippen LogP contribution >= 0.6 is 28.1 Å². The Hall–Kier alpha value is -1.98. The summed E-state index contributed by atoms with van der Waals surface area (Å²) in [7, 11) is 0. The fraction of sp³-hybridized carbons (Fsp3) is 0. The van der Waals surface area contributed by atoms with E-state index in [-0.39, 0.29) is 0 Å². The van der Waals surface area contributed by atoms with E-state index in [1.807, 2.05) is 48.5 Å². The Bertz CT molecular complexity index is 833. The zero-order chi connectivity index (χ0) is 14.8. The molecule has 0 unspecified atom stereocenters. The summed E-state index contributed by atoms with van der Waals surface area (Å²) < 4.78 is 0.869. The van der Waals surface area contributed by atoms with E-state index in [4.69, 9.17) is 18.0 Å². The molecule has 3 aromatic rings. The summed E-state index contributed by atoms with van der Waals surface area (Å²) in [5, 5.41) is 4.40. The predicted octanol–water partition coefficient (Wildman–Crippen LogP) is 4.38. The molecule has 3 rings (SSSR count). The van der Waals surface area contributed by atoms with Gasteiger partial charge in [-0.15, -0.1) is 0 Å². The highest BCUT2D eigenvalue weighted by molar-refractivity contribution is 9.10. The molecule has 0 saturated heterocycles. The van der Waals surface area contributed by atoms with Crippen LogP contribution in [0.2, 0.25) is 0 Å². The van der Waals surface area contributed by atoms with E-state index in [1.165, 1.54) is 0 Å². The molecule has 1 aromatic heterocycles. The molecule has 5 heteroatoms. The van der Waals surface area contributed by atoms with E-state index in [1.54, 1.807) is 6.20 Å². The minimum Gasteiger partial charge on any atom is -0.389 e. The molecule has 0 aliphatic rings. The number of nitrogens with two attached hydrogens (primary N) is 1. The largest absolute Gasteiger partial charge is 0.389 e. The minimum atomic E-state index is 0.346. The molecule has 1 heterocycles. The summed E-state index contributed by atoms with van der Waals surface area (Å²) in [5.74, 6) is 0. The van der Waals surface area contributed by atoms with Gasteiger partial charge in [0.05, 0.1) is 17.4 Å². The lowest BCUT2D eigenvalue weighted by molar-refractivity contribution is 1.39. The quantitative estimate of drug-likeness (QED) is 0.683. The number of para-hydroxylation sites is 1. The summed E-state index contributed by atoms with van der Waals surface area (Å²) >= 11 is 8.60. The van der Waals surface area contributed by atoms with Crippen molar-refractivity contribution >= 4 is 55.4 Å². The van der Waals surface area contributed by atoms with E-state index in [2.05, 4.69) is 26.2 Å². The number of thiocarbonyl (C=S) groups is 1. The first-order chi connectivity index (χ1) is 10.1. The second-order valence-electron chi connectivity index (χ2n) is 4.57. The lowest BCUT2D eigenvalue weighted by Gasteiger charge is -2.13. The third-order valence-electron chi connectivity index (χ3n) is 3.13. The fourth-order valence-corrected chi connectivity index (χ4v) is 3.10. The fourth-order valence-electron chi connectivity index (χ4n) is 2.17. The van der Waals surface area contributed by atoms with E-state index >= 15 is 0 Å². The van der Waals surface area contributed by atoms with Gasteiger partial charge in [0.2, 0.25) is 0 Å². The third kappa shape index (κ3) is 2.89. The van der Waals surface area contributed by atoms with E-state index in [0.29, 0.717) is 4.99 Å². The van der Waals surface area contributed by atoms with Crippen LogP contribution in [0.4, 0.5) is 11.4 Å². The summed E-state index contributed by atoms with van der Waals surface area (Å²) in [6.07, 6.45) is 1.80. The Morgan fingerprint density at radius 3 is 2.76 bits per heavy atom. The molecule has 0 bridgehead atoms. The van der Waals surface area contributed by atoms with Crippen molar-refractivity contribution in [2.45, 2.75) is 0 Å². The minimum absolute atomic E-state index is 0.346. The van der Waals surface area contributed by atoms with Gasteiger partial charge in [-0.3, -0.25) is 4.98 Å². The van der Waals surface area contributed by atoms with Crippen molar-refractivity contribution in [3.8, 4) is 0 Å².